The normalized spacial score (nSPS) is 20.8. The minimum absolute atomic E-state index is 0.0390. The van der Waals surface area contributed by atoms with Gasteiger partial charge in [0.1, 0.15) is 6.04 Å². The Morgan fingerprint density at radius 2 is 2.17 bits per heavy atom. The molecule has 0 radical (unpaired) electrons. The standard InChI is InChI=1S/C15H16ClNO6/c16-10-4-9(5-11-13(10)23-7-22-11)14(18)17-12(15(19)20)8-2-1-3-21-6-8/h4-5,8,12H,1-3,6-7H2,(H,17,18)(H,19,20). The molecule has 1 saturated heterocycles. The zero-order valence-electron chi connectivity index (χ0n) is 12.2. The minimum atomic E-state index is -1.08. The summed E-state index contributed by atoms with van der Waals surface area (Å²) in [5, 5.41) is 12.2. The molecule has 1 aromatic rings. The minimum Gasteiger partial charge on any atom is -0.480 e. The summed E-state index contributed by atoms with van der Waals surface area (Å²) in [5.74, 6) is -1.10. The highest BCUT2D eigenvalue weighted by Crippen LogP contribution is 2.39. The van der Waals surface area contributed by atoms with Crippen LogP contribution in [0.3, 0.4) is 0 Å². The van der Waals surface area contributed by atoms with Crippen LogP contribution in [-0.2, 0) is 9.53 Å². The van der Waals surface area contributed by atoms with Gasteiger partial charge < -0.3 is 24.6 Å². The molecule has 2 N–H and O–H groups in total. The molecule has 0 aliphatic carbocycles. The van der Waals surface area contributed by atoms with Gasteiger partial charge in [-0.2, -0.15) is 0 Å². The van der Waals surface area contributed by atoms with Gasteiger partial charge in [-0.1, -0.05) is 11.6 Å². The smallest absolute Gasteiger partial charge is 0.326 e. The third-order valence-electron chi connectivity index (χ3n) is 3.91. The van der Waals surface area contributed by atoms with Crippen LogP contribution in [0.4, 0.5) is 0 Å². The van der Waals surface area contributed by atoms with Gasteiger partial charge in [0.05, 0.1) is 11.6 Å². The van der Waals surface area contributed by atoms with E-state index in [4.69, 9.17) is 25.8 Å². The first-order chi connectivity index (χ1) is 11.1. The van der Waals surface area contributed by atoms with Crippen molar-refractivity contribution in [2.75, 3.05) is 20.0 Å². The lowest BCUT2D eigenvalue weighted by Gasteiger charge is -2.28. The lowest BCUT2D eigenvalue weighted by molar-refractivity contribution is -0.142. The number of aliphatic carboxylic acids is 1. The Morgan fingerprint density at radius 3 is 2.87 bits per heavy atom. The first-order valence-corrected chi connectivity index (χ1v) is 7.64. The first kappa shape index (κ1) is 15.9. The van der Waals surface area contributed by atoms with E-state index in [2.05, 4.69) is 5.32 Å². The van der Waals surface area contributed by atoms with Crippen LogP contribution >= 0.6 is 11.6 Å². The molecular formula is C15H16ClNO6. The molecule has 1 aromatic carbocycles. The monoisotopic (exact) mass is 341 g/mol. The summed E-state index contributed by atoms with van der Waals surface area (Å²) in [5.41, 5.74) is 0.224. The predicted octanol–water partition coefficient (Wildman–Crippen LogP) is 1.68. The molecule has 0 aromatic heterocycles. The summed E-state index contributed by atoms with van der Waals surface area (Å²) in [4.78, 5) is 23.9. The molecule has 2 atom stereocenters. The number of nitrogens with one attached hydrogen (secondary N) is 1. The summed E-state index contributed by atoms with van der Waals surface area (Å²) >= 11 is 6.05. The Balaban J connectivity index is 1.76. The van der Waals surface area contributed by atoms with E-state index in [1.54, 1.807) is 0 Å². The number of carbonyl (C=O) groups is 2. The van der Waals surface area contributed by atoms with Gasteiger partial charge in [0, 0.05) is 18.1 Å². The molecule has 2 unspecified atom stereocenters. The van der Waals surface area contributed by atoms with E-state index in [9.17, 15) is 14.7 Å². The van der Waals surface area contributed by atoms with Crippen molar-refractivity contribution in [3.8, 4) is 11.5 Å². The van der Waals surface area contributed by atoms with Crippen LogP contribution < -0.4 is 14.8 Å². The summed E-state index contributed by atoms with van der Waals surface area (Å²) in [6, 6.07) is 1.91. The molecule has 2 aliphatic rings. The fourth-order valence-electron chi connectivity index (χ4n) is 2.73. The number of carboxylic acid groups (broad SMARTS) is 1. The van der Waals surface area contributed by atoms with Crippen LogP contribution in [-0.4, -0.2) is 43.0 Å². The van der Waals surface area contributed by atoms with Gasteiger partial charge in [-0.05, 0) is 25.0 Å². The Kier molecular flexibility index (Phi) is 4.58. The number of hydrogen-bond donors (Lipinski definition) is 2. The van der Waals surface area contributed by atoms with Gasteiger partial charge >= 0.3 is 5.97 Å². The molecule has 23 heavy (non-hydrogen) atoms. The van der Waals surface area contributed by atoms with Crippen LogP contribution in [0.15, 0.2) is 12.1 Å². The summed E-state index contributed by atoms with van der Waals surface area (Å²) in [6.07, 6.45) is 1.47. The average Bonchev–Trinajstić information content (AvgIpc) is 3.02. The number of halogens is 1. The topological polar surface area (TPSA) is 94.1 Å². The molecule has 3 rings (SSSR count). The zero-order chi connectivity index (χ0) is 16.4. The lowest BCUT2D eigenvalue weighted by Crippen LogP contribution is -2.48. The maximum atomic E-state index is 12.4. The van der Waals surface area contributed by atoms with Gasteiger partial charge in [-0.15, -0.1) is 0 Å². The average molecular weight is 342 g/mol. The number of ether oxygens (including phenoxy) is 3. The second-order valence-corrected chi connectivity index (χ2v) is 5.87. The van der Waals surface area contributed by atoms with E-state index in [0.717, 1.165) is 6.42 Å². The maximum absolute atomic E-state index is 12.4. The van der Waals surface area contributed by atoms with E-state index in [0.29, 0.717) is 31.1 Å². The second kappa shape index (κ2) is 6.64. The van der Waals surface area contributed by atoms with Crippen LogP contribution in [0.25, 0.3) is 0 Å². The number of carboxylic acids is 1. The molecule has 0 spiro atoms. The van der Waals surface area contributed by atoms with Crippen LogP contribution in [0, 0.1) is 5.92 Å². The van der Waals surface area contributed by atoms with Crippen molar-refractivity contribution in [2.24, 2.45) is 5.92 Å². The van der Waals surface area contributed by atoms with Crippen molar-refractivity contribution in [3.05, 3.63) is 22.7 Å². The van der Waals surface area contributed by atoms with Crippen molar-refractivity contribution in [1.29, 1.82) is 0 Å². The van der Waals surface area contributed by atoms with Crippen molar-refractivity contribution >= 4 is 23.5 Å². The number of amides is 1. The third kappa shape index (κ3) is 3.35. The first-order valence-electron chi connectivity index (χ1n) is 7.27. The highest BCUT2D eigenvalue weighted by molar-refractivity contribution is 6.32. The molecule has 1 fully saturated rings. The molecule has 2 heterocycles. The molecule has 2 aliphatic heterocycles. The van der Waals surface area contributed by atoms with Gasteiger partial charge in [0.15, 0.2) is 11.5 Å². The maximum Gasteiger partial charge on any atom is 0.326 e. The van der Waals surface area contributed by atoms with Gasteiger partial charge in [-0.25, -0.2) is 4.79 Å². The second-order valence-electron chi connectivity index (χ2n) is 5.46. The number of fused-ring (bicyclic) bond motifs is 1. The molecule has 7 nitrogen and oxygen atoms in total. The molecule has 124 valence electrons. The van der Waals surface area contributed by atoms with Crippen LogP contribution in [0.1, 0.15) is 23.2 Å². The highest BCUT2D eigenvalue weighted by Gasteiger charge is 2.32. The quantitative estimate of drug-likeness (QED) is 0.865. The highest BCUT2D eigenvalue weighted by atomic mass is 35.5. The molecule has 8 heteroatoms. The number of benzene rings is 1. The molecule has 0 bridgehead atoms. The Labute approximate surface area is 137 Å². The SMILES string of the molecule is O=C(NC(C(=O)O)C1CCCOC1)c1cc(Cl)c2c(c1)OCO2. The molecule has 0 saturated carbocycles. The lowest BCUT2D eigenvalue weighted by atomic mass is 9.93. The molecule has 1 amide bonds. The number of carbonyl (C=O) groups excluding carboxylic acids is 1. The van der Waals surface area contributed by atoms with Gasteiger partial charge in [0.25, 0.3) is 5.91 Å². The van der Waals surface area contributed by atoms with Crippen LogP contribution in [0.5, 0.6) is 11.5 Å². The summed E-state index contributed by atoms with van der Waals surface area (Å²) in [7, 11) is 0. The van der Waals surface area contributed by atoms with E-state index >= 15 is 0 Å². The van der Waals surface area contributed by atoms with Crippen molar-refractivity contribution in [1.82, 2.24) is 5.32 Å². The van der Waals surface area contributed by atoms with Gasteiger partial charge in [-0.3, -0.25) is 4.79 Å². The summed E-state index contributed by atoms with van der Waals surface area (Å²) < 4.78 is 15.7. The number of hydrogen-bond acceptors (Lipinski definition) is 5. The third-order valence-corrected chi connectivity index (χ3v) is 4.19. The summed E-state index contributed by atoms with van der Waals surface area (Å²) in [6.45, 7) is 0.977. The Hall–Kier alpha value is -1.99. The predicted molar refractivity (Wildman–Crippen MR) is 80.0 cm³/mol. The number of rotatable bonds is 4. The Morgan fingerprint density at radius 1 is 1.35 bits per heavy atom. The fourth-order valence-corrected chi connectivity index (χ4v) is 3.00. The van der Waals surface area contributed by atoms with Gasteiger partial charge in [0.2, 0.25) is 6.79 Å². The van der Waals surface area contributed by atoms with E-state index in [1.165, 1.54) is 12.1 Å². The van der Waals surface area contributed by atoms with Crippen LogP contribution in [0.2, 0.25) is 5.02 Å². The van der Waals surface area contributed by atoms with Crippen molar-refractivity contribution < 1.29 is 28.9 Å². The van der Waals surface area contributed by atoms with Crippen molar-refractivity contribution in [2.45, 2.75) is 18.9 Å². The van der Waals surface area contributed by atoms with E-state index in [1.807, 2.05) is 0 Å². The zero-order valence-corrected chi connectivity index (χ0v) is 13.0. The van der Waals surface area contributed by atoms with E-state index < -0.39 is 17.9 Å². The van der Waals surface area contributed by atoms with Crippen molar-refractivity contribution in [3.63, 3.8) is 0 Å². The van der Waals surface area contributed by atoms with E-state index in [-0.39, 0.29) is 23.3 Å². The molecular weight excluding hydrogens is 326 g/mol. The Bertz CT molecular complexity index is 629. The largest absolute Gasteiger partial charge is 0.480 e. The fraction of sp³-hybridized carbons (Fsp3) is 0.467.